The fourth-order valence-corrected chi connectivity index (χ4v) is 2.35. The number of carbonyl (C=O) groups excluding carboxylic acids is 1. The molecule has 2 rings (SSSR count). The molecule has 19 heavy (non-hydrogen) atoms. The van der Waals surface area contributed by atoms with Crippen LogP contribution in [0.5, 0.6) is 0 Å². The molecule has 0 radical (unpaired) electrons. The molecule has 100 valence electrons. The summed E-state index contributed by atoms with van der Waals surface area (Å²) in [5, 5.41) is 16.2. The summed E-state index contributed by atoms with van der Waals surface area (Å²) in [4.78, 5) is 11.3. The van der Waals surface area contributed by atoms with Crippen molar-refractivity contribution in [1.29, 1.82) is 0 Å². The number of aryl methyl sites for hydroxylation is 1. The van der Waals surface area contributed by atoms with Crippen LogP contribution >= 0.6 is 11.6 Å². The van der Waals surface area contributed by atoms with Gasteiger partial charge in [-0.05, 0) is 25.0 Å². The van der Waals surface area contributed by atoms with E-state index in [1.165, 1.54) is 0 Å². The highest BCUT2D eigenvalue weighted by Gasteiger charge is 2.18. The zero-order chi connectivity index (χ0) is 14.0. The highest BCUT2D eigenvalue weighted by atomic mass is 35.5. The van der Waals surface area contributed by atoms with Crippen molar-refractivity contribution >= 4 is 17.6 Å². The lowest BCUT2D eigenvalue weighted by molar-refractivity contribution is -0.255. The first-order chi connectivity index (χ1) is 9.10. The Labute approximate surface area is 116 Å². The second kappa shape index (κ2) is 5.45. The Hall–Kier alpha value is -1.81. The van der Waals surface area contributed by atoms with Gasteiger partial charge >= 0.3 is 0 Å². The van der Waals surface area contributed by atoms with Gasteiger partial charge in [-0.1, -0.05) is 37.6 Å². The number of carbonyl (C=O) groups is 1. The smallest absolute Gasteiger partial charge is 0.0835 e. The van der Waals surface area contributed by atoms with Crippen molar-refractivity contribution in [2.45, 2.75) is 26.7 Å². The Bertz CT molecular complexity index is 620. The number of hydrogen-bond donors (Lipinski definition) is 0. The monoisotopic (exact) mass is 277 g/mol. The van der Waals surface area contributed by atoms with Crippen LogP contribution in [0.4, 0.5) is 0 Å². The zero-order valence-electron chi connectivity index (χ0n) is 10.8. The van der Waals surface area contributed by atoms with Gasteiger partial charge in [0, 0.05) is 5.56 Å². The molecule has 0 bridgehead atoms. The lowest BCUT2D eigenvalue weighted by Gasteiger charge is -2.09. The van der Waals surface area contributed by atoms with E-state index in [2.05, 4.69) is 5.10 Å². The lowest BCUT2D eigenvalue weighted by atomic mass is 10.1. The van der Waals surface area contributed by atoms with E-state index in [1.54, 1.807) is 10.7 Å². The third kappa shape index (κ3) is 2.36. The van der Waals surface area contributed by atoms with E-state index in [-0.39, 0.29) is 5.56 Å². The van der Waals surface area contributed by atoms with Crippen LogP contribution < -0.4 is 5.11 Å². The van der Waals surface area contributed by atoms with Crippen LogP contribution in [0.15, 0.2) is 24.3 Å². The number of halogens is 1. The first-order valence-corrected chi connectivity index (χ1v) is 6.54. The van der Waals surface area contributed by atoms with Gasteiger partial charge in [-0.25, -0.2) is 4.68 Å². The molecule has 0 spiro atoms. The predicted octanol–water partition coefficient (Wildman–Crippen LogP) is 2.01. The third-order valence-corrected chi connectivity index (χ3v) is 3.33. The molecule has 0 unspecified atom stereocenters. The van der Waals surface area contributed by atoms with Crippen LogP contribution in [0.1, 0.15) is 35.6 Å². The Morgan fingerprint density at radius 3 is 2.53 bits per heavy atom. The standard InChI is InChI=1S/C14H15ClN2O2/c1-3-10-13(14(18)19)11(4-2)17(16-10)12-8-6-5-7-9(12)15/h5-8H,3-4H2,1-2H3,(H,18,19)/p-1. The quantitative estimate of drug-likeness (QED) is 0.859. The van der Waals surface area contributed by atoms with E-state index in [0.717, 1.165) is 0 Å². The van der Waals surface area contributed by atoms with E-state index < -0.39 is 5.97 Å². The van der Waals surface area contributed by atoms with Crippen LogP contribution in [0.3, 0.4) is 0 Å². The minimum atomic E-state index is -1.19. The first kappa shape index (κ1) is 13.6. The maximum Gasteiger partial charge on any atom is 0.0835 e. The summed E-state index contributed by atoms with van der Waals surface area (Å²) in [6.07, 6.45) is 1.08. The van der Waals surface area contributed by atoms with Crippen LogP contribution in [0, 0.1) is 0 Å². The zero-order valence-corrected chi connectivity index (χ0v) is 11.6. The number of aromatic nitrogens is 2. The number of rotatable bonds is 4. The van der Waals surface area contributed by atoms with Gasteiger partial charge < -0.3 is 9.90 Å². The van der Waals surface area contributed by atoms with Gasteiger partial charge in [-0.3, -0.25) is 0 Å². The fourth-order valence-electron chi connectivity index (χ4n) is 2.14. The molecule has 4 nitrogen and oxygen atoms in total. The molecule has 0 amide bonds. The summed E-state index contributed by atoms with van der Waals surface area (Å²) in [6, 6.07) is 7.23. The molecule has 1 aromatic heterocycles. The Morgan fingerprint density at radius 1 is 1.32 bits per heavy atom. The van der Waals surface area contributed by atoms with Crippen LogP contribution in [0.25, 0.3) is 5.69 Å². The van der Waals surface area contributed by atoms with Crippen LogP contribution in [0.2, 0.25) is 5.02 Å². The molecule has 0 atom stereocenters. The second-order valence-corrected chi connectivity index (χ2v) is 4.53. The van der Waals surface area contributed by atoms with E-state index in [9.17, 15) is 9.90 Å². The van der Waals surface area contributed by atoms with Gasteiger partial charge in [0.2, 0.25) is 0 Å². The Balaban J connectivity index is 2.71. The minimum Gasteiger partial charge on any atom is -0.545 e. The first-order valence-electron chi connectivity index (χ1n) is 6.17. The third-order valence-electron chi connectivity index (χ3n) is 3.01. The molecule has 1 aromatic carbocycles. The van der Waals surface area contributed by atoms with Crippen molar-refractivity contribution in [2.24, 2.45) is 0 Å². The van der Waals surface area contributed by atoms with E-state index in [1.807, 2.05) is 32.0 Å². The number of hydrogen-bond acceptors (Lipinski definition) is 3. The molecular formula is C14H14ClN2O2-. The lowest BCUT2D eigenvalue weighted by Crippen LogP contribution is -2.24. The molecule has 0 saturated carbocycles. The van der Waals surface area contributed by atoms with E-state index in [4.69, 9.17) is 11.6 Å². The molecule has 0 fully saturated rings. The normalized spacial score (nSPS) is 10.7. The number of carboxylic acids is 1. The van der Waals surface area contributed by atoms with E-state index >= 15 is 0 Å². The van der Waals surface area contributed by atoms with Gasteiger partial charge in [-0.15, -0.1) is 0 Å². The molecule has 2 aromatic rings. The van der Waals surface area contributed by atoms with E-state index in [0.29, 0.717) is 34.9 Å². The van der Waals surface area contributed by atoms with Crippen molar-refractivity contribution in [3.63, 3.8) is 0 Å². The molecule has 0 saturated heterocycles. The molecule has 0 aliphatic carbocycles. The number of aromatic carboxylic acids is 1. The molecule has 0 N–H and O–H groups in total. The van der Waals surface area contributed by atoms with Crippen LogP contribution in [-0.2, 0) is 12.8 Å². The number of para-hydroxylation sites is 1. The van der Waals surface area contributed by atoms with Crippen molar-refractivity contribution in [1.82, 2.24) is 9.78 Å². The summed E-state index contributed by atoms with van der Waals surface area (Å²) in [7, 11) is 0. The predicted molar refractivity (Wildman–Crippen MR) is 71.7 cm³/mol. The molecule has 0 aliphatic rings. The average molecular weight is 278 g/mol. The topological polar surface area (TPSA) is 58.0 Å². The maximum atomic E-state index is 11.3. The van der Waals surface area contributed by atoms with Crippen molar-refractivity contribution < 1.29 is 9.90 Å². The maximum absolute atomic E-state index is 11.3. The highest BCUT2D eigenvalue weighted by Crippen LogP contribution is 2.24. The van der Waals surface area contributed by atoms with Crippen LogP contribution in [-0.4, -0.2) is 15.7 Å². The SMILES string of the molecule is CCc1nn(-c2ccccc2Cl)c(CC)c1C(=O)[O-]. The molecule has 5 heteroatoms. The van der Waals surface area contributed by atoms with Gasteiger partial charge in [0.15, 0.2) is 0 Å². The summed E-state index contributed by atoms with van der Waals surface area (Å²) < 4.78 is 1.60. The van der Waals surface area contributed by atoms with Gasteiger partial charge in [-0.2, -0.15) is 5.10 Å². The molecule has 1 heterocycles. The second-order valence-electron chi connectivity index (χ2n) is 4.13. The average Bonchev–Trinajstić information content (AvgIpc) is 2.77. The summed E-state index contributed by atoms with van der Waals surface area (Å²) in [5.41, 5.74) is 2.01. The van der Waals surface area contributed by atoms with Crippen molar-refractivity contribution in [3.05, 3.63) is 46.2 Å². The minimum absolute atomic E-state index is 0.185. The summed E-state index contributed by atoms with van der Waals surface area (Å²) >= 11 is 6.15. The Kier molecular flexibility index (Phi) is 3.90. The van der Waals surface area contributed by atoms with Gasteiger partial charge in [0.05, 0.1) is 28.1 Å². The molecular weight excluding hydrogens is 264 g/mol. The number of carboxylic acid groups (broad SMARTS) is 1. The number of benzene rings is 1. The number of nitrogens with zero attached hydrogens (tertiary/aromatic N) is 2. The van der Waals surface area contributed by atoms with Gasteiger partial charge in [0.1, 0.15) is 0 Å². The van der Waals surface area contributed by atoms with Crippen molar-refractivity contribution in [3.8, 4) is 5.69 Å². The largest absolute Gasteiger partial charge is 0.545 e. The Morgan fingerprint density at radius 2 is 2.00 bits per heavy atom. The summed E-state index contributed by atoms with van der Waals surface area (Å²) in [6.45, 7) is 3.75. The van der Waals surface area contributed by atoms with Gasteiger partial charge in [0.25, 0.3) is 0 Å². The summed E-state index contributed by atoms with van der Waals surface area (Å²) in [5.74, 6) is -1.19. The highest BCUT2D eigenvalue weighted by molar-refractivity contribution is 6.32. The van der Waals surface area contributed by atoms with Crippen molar-refractivity contribution in [2.75, 3.05) is 0 Å². The fraction of sp³-hybridized carbons (Fsp3) is 0.286. The molecule has 0 aliphatic heterocycles.